The number of halogens is 1. The highest BCUT2D eigenvalue weighted by Gasteiger charge is 2.31. The summed E-state index contributed by atoms with van der Waals surface area (Å²) in [6.45, 7) is 0.820. The third-order valence-electron chi connectivity index (χ3n) is 4.17. The molecule has 0 fully saturated rings. The Morgan fingerprint density at radius 3 is 2.75 bits per heavy atom. The number of hydrogen-bond acceptors (Lipinski definition) is 4. The van der Waals surface area contributed by atoms with Crippen LogP contribution in [-0.2, 0) is 14.3 Å². The maximum atomic E-state index is 14.0. The Morgan fingerprint density at radius 1 is 1.21 bits per heavy atom. The van der Waals surface area contributed by atoms with E-state index < -0.39 is 11.7 Å². The molecule has 2 amide bonds. The second kappa shape index (κ2) is 9.14. The van der Waals surface area contributed by atoms with Crippen LogP contribution in [0.1, 0.15) is 12.0 Å². The number of anilines is 1. The minimum absolute atomic E-state index is 0.0454. The zero-order valence-corrected chi connectivity index (χ0v) is 15.5. The molecule has 2 aromatic rings. The number of para-hydroxylation sites is 2. The minimum Gasteiger partial charge on any atom is -0.449 e. The lowest BCUT2D eigenvalue weighted by molar-refractivity contribution is -0.123. The number of amides is 2. The number of carbonyl (C=O) groups excluding carboxylic acids is 2. The third-order valence-corrected chi connectivity index (χ3v) is 4.17. The van der Waals surface area contributed by atoms with E-state index in [1.165, 1.54) is 17.0 Å². The van der Waals surface area contributed by atoms with Crippen LogP contribution >= 0.6 is 0 Å². The molecule has 1 N–H and O–H groups in total. The summed E-state index contributed by atoms with van der Waals surface area (Å²) < 4.78 is 24.6. The molecular formula is C21H21FN2O4. The second-order valence-electron chi connectivity index (χ2n) is 6.19. The number of hydrogen-bond donors (Lipinski definition) is 1. The van der Waals surface area contributed by atoms with E-state index in [2.05, 4.69) is 5.32 Å². The number of carbonyl (C=O) groups is 2. The van der Waals surface area contributed by atoms with Gasteiger partial charge < -0.3 is 14.8 Å². The van der Waals surface area contributed by atoms with Crippen LogP contribution in [0, 0.1) is 5.82 Å². The molecule has 7 heteroatoms. The Kier molecular flexibility index (Phi) is 6.39. The van der Waals surface area contributed by atoms with Gasteiger partial charge in [0.15, 0.2) is 11.5 Å². The van der Waals surface area contributed by atoms with Crippen molar-refractivity contribution in [3.8, 4) is 5.75 Å². The highest BCUT2D eigenvalue weighted by atomic mass is 19.1. The first kappa shape index (κ1) is 19.6. The van der Waals surface area contributed by atoms with E-state index in [9.17, 15) is 14.0 Å². The van der Waals surface area contributed by atoms with Gasteiger partial charge in [-0.05, 0) is 30.7 Å². The quantitative estimate of drug-likeness (QED) is 0.589. The summed E-state index contributed by atoms with van der Waals surface area (Å²) in [5, 5.41) is 2.76. The van der Waals surface area contributed by atoms with Crippen molar-refractivity contribution in [3.05, 3.63) is 65.7 Å². The number of ether oxygens (including phenoxy) is 2. The van der Waals surface area contributed by atoms with E-state index in [0.717, 1.165) is 0 Å². The fourth-order valence-corrected chi connectivity index (χ4v) is 2.80. The van der Waals surface area contributed by atoms with Crippen LogP contribution in [0.15, 0.2) is 54.3 Å². The number of fused-ring (bicyclic) bond motifs is 1. The Morgan fingerprint density at radius 2 is 1.96 bits per heavy atom. The molecule has 1 heterocycles. The van der Waals surface area contributed by atoms with E-state index in [1.54, 1.807) is 49.6 Å². The van der Waals surface area contributed by atoms with Crippen molar-refractivity contribution < 1.29 is 23.5 Å². The fourth-order valence-electron chi connectivity index (χ4n) is 2.80. The van der Waals surface area contributed by atoms with Crippen LogP contribution in [0.5, 0.6) is 5.75 Å². The predicted molar refractivity (Wildman–Crippen MR) is 103 cm³/mol. The maximum absolute atomic E-state index is 14.0. The first-order valence-electron chi connectivity index (χ1n) is 8.91. The van der Waals surface area contributed by atoms with E-state index in [1.807, 2.05) is 0 Å². The maximum Gasteiger partial charge on any atom is 0.294 e. The van der Waals surface area contributed by atoms with E-state index >= 15 is 0 Å². The number of benzene rings is 2. The van der Waals surface area contributed by atoms with Crippen LogP contribution in [0.25, 0.3) is 6.08 Å². The summed E-state index contributed by atoms with van der Waals surface area (Å²) in [7, 11) is 1.59. The van der Waals surface area contributed by atoms with Crippen molar-refractivity contribution in [2.24, 2.45) is 0 Å². The Bertz CT molecular complexity index is 897. The van der Waals surface area contributed by atoms with Gasteiger partial charge in [-0.25, -0.2) is 4.39 Å². The van der Waals surface area contributed by atoms with Crippen molar-refractivity contribution in [1.82, 2.24) is 5.32 Å². The fraction of sp³-hybridized carbons (Fsp3) is 0.238. The van der Waals surface area contributed by atoms with Crippen molar-refractivity contribution in [3.63, 3.8) is 0 Å². The van der Waals surface area contributed by atoms with Gasteiger partial charge in [0.05, 0.1) is 5.69 Å². The molecule has 28 heavy (non-hydrogen) atoms. The van der Waals surface area contributed by atoms with Gasteiger partial charge in [0.2, 0.25) is 5.91 Å². The smallest absolute Gasteiger partial charge is 0.294 e. The summed E-state index contributed by atoms with van der Waals surface area (Å²) in [4.78, 5) is 26.5. The van der Waals surface area contributed by atoms with Gasteiger partial charge in [0.25, 0.3) is 5.91 Å². The summed E-state index contributed by atoms with van der Waals surface area (Å²) in [6.07, 6.45) is 2.02. The Balaban J connectivity index is 1.83. The molecule has 146 valence electrons. The standard InChI is InChI=1S/C21H21FN2O4/c1-27-12-6-11-23-20(25)14-24-17-9-4-5-10-18(17)28-19(21(24)26)13-15-7-2-3-8-16(15)22/h2-5,7-10,13H,6,11-12,14H2,1H3,(H,23,25). The molecule has 0 saturated carbocycles. The molecule has 2 aromatic carbocycles. The number of methoxy groups -OCH3 is 1. The largest absolute Gasteiger partial charge is 0.449 e. The van der Waals surface area contributed by atoms with Gasteiger partial charge in [-0.3, -0.25) is 14.5 Å². The highest BCUT2D eigenvalue weighted by Crippen LogP contribution is 2.35. The van der Waals surface area contributed by atoms with Gasteiger partial charge in [-0.15, -0.1) is 0 Å². The Labute approximate surface area is 162 Å². The molecule has 0 aromatic heterocycles. The lowest BCUT2D eigenvalue weighted by Gasteiger charge is -2.30. The topological polar surface area (TPSA) is 67.9 Å². The Hall–Kier alpha value is -3.19. The molecule has 1 aliphatic heterocycles. The average Bonchev–Trinajstić information content (AvgIpc) is 2.70. The molecule has 0 unspecified atom stereocenters. The minimum atomic E-state index is -0.506. The lowest BCUT2D eigenvalue weighted by Crippen LogP contribution is -2.44. The molecule has 0 atom stereocenters. The number of nitrogens with one attached hydrogen (secondary N) is 1. The summed E-state index contributed by atoms with van der Waals surface area (Å²) in [5.74, 6) is -0.888. The number of rotatable bonds is 7. The molecule has 0 spiro atoms. The normalized spacial score (nSPS) is 14.6. The molecule has 0 radical (unpaired) electrons. The first-order valence-corrected chi connectivity index (χ1v) is 8.91. The van der Waals surface area contributed by atoms with Gasteiger partial charge in [0.1, 0.15) is 12.4 Å². The van der Waals surface area contributed by atoms with Crippen LogP contribution < -0.4 is 15.0 Å². The van der Waals surface area contributed by atoms with Crippen molar-refractivity contribution in [2.75, 3.05) is 31.7 Å². The summed E-state index contributed by atoms with van der Waals surface area (Å²) in [6, 6.07) is 13.0. The van der Waals surface area contributed by atoms with Crippen molar-refractivity contribution in [2.45, 2.75) is 6.42 Å². The van der Waals surface area contributed by atoms with Gasteiger partial charge in [-0.1, -0.05) is 30.3 Å². The highest BCUT2D eigenvalue weighted by molar-refractivity contribution is 6.12. The van der Waals surface area contributed by atoms with E-state index in [4.69, 9.17) is 9.47 Å². The summed E-state index contributed by atoms with van der Waals surface area (Å²) in [5.41, 5.74) is 0.722. The van der Waals surface area contributed by atoms with Crippen LogP contribution in [0.3, 0.4) is 0 Å². The predicted octanol–water partition coefficient (Wildman–Crippen LogP) is 2.74. The SMILES string of the molecule is COCCCNC(=O)CN1C(=O)C(=Cc2ccccc2F)Oc2ccccc21. The van der Waals surface area contributed by atoms with Crippen LogP contribution in [0.2, 0.25) is 0 Å². The van der Waals surface area contributed by atoms with Crippen LogP contribution in [0.4, 0.5) is 10.1 Å². The molecule has 0 bridgehead atoms. The molecule has 0 saturated heterocycles. The third kappa shape index (κ3) is 4.55. The lowest BCUT2D eigenvalue weighted by atomic mass is 10.1. The number of nitrogens with zero attached hydrogens (tertiary/aromatic N) is 1. The first-order chi connectivity index (χ1) is 13.6. The van der Waals surface area contributed by atoms with E-state index in [0.29, 0.717) is 31.0 Å². The van der Waals surface area contributed by atoms with Gasteiger partial charge in [0, 0.05) is 25.8 Å². The molecule has 6 nitrogen and oxygen atoms in total. The van der Waals surface area contributed by atoms with Gasteiger partial charge >= 0.3 is 0 Å². The molecule has 1 aliphatic rings. The average molecular weight is 384 g/mol. The van der Waals surface area contributed by atoms with Crippen LogP contribution in [-0.4, -0.2) is 38.6 Å². The summed E-state index contributed by atoms with van der Waals surface area (Å²) >= 11 is 0. The van der Waals surface area contributed by atoms with E-state index in [-0.39, 0.29) is 23.8 Å². The molecule has 3 rings (SSSR count). The van der Waals surface area contributed by atoms with Crippen molar-refractivity contribution >= 4 is 23.6 Å². The molecule has 0 aliphatic carbocycles. The van der Waals surface area contributed by atoms with Crippen molar-refractivity contribution in [1.29, 1.82) is 0 Å². The zero-order valence-electron chi connectivity index (χ0n) is 15.5. The zero-order chi connectivity index (χ0) is 19.9. The second-order valence-corrected chi connectivity index (χ2v) is 6.19. The monoisotopic (exact) mass is 384 g/mol. The molecular weight excluding hydrogens is 363 g/mol. The van der Waals surface area contributed by atoms with Gasteiger partial charge in [-0.2, -0.15) is 0 Å².